The summed E-state index contributed by atoms with van der Waals surface area (Å²) in [6.45, 7) is 0. The molecule has 5 heteroatoms. The Morgan fingerprint density at radius 1 is 1.29 bits per heavy atom. The lowest BCUT2D eigenvalue weighted by Gasteiger charge is -2.17. The first-order valence-electron chi connectivity index (χ1n) is 5.18. The highest BCUT2D eigenvalue weighted by molar-refractivity contribution is 6.33. The van der Waals surface area contributed by atoms with Crippen LogP contribution in [0, 0.1) is 0 Å². The summed E-state index contributed by atoms with van der Waals surface area (Å²) in [6.07, 6.45) is 3.14. The molecular weight excluding hydrogens is 242 g/mol. The van der Waals surface area contributed by atoms with Crippen LogP contribution in [0.3, 0.4) is 0 Å². The minimum Gasteiger partial charge on any atom is -0.496 e. The van der Waals surface area contributed by atoms with Gasteiger partial charge in [-0.3, -0.25) is 0 Å². The van der Waals surface area contributed by atoms with Gasteiger partial charge in [0, 0.05) is 5.56 Å². The molecule has 1 fully saturated rings. The van der Waals surface area contributed by atoms with Crippen molar-refractivity contribution in [2.45, 2.75) is 18.4 Å². The second-order valence-corrected chi connectivity index (χ2v) is 4.27. The van der Waals surface area contributed by atoms with Crippen LogP contribution in [0.1, 0.15) is 18.4 Å². The highest BCUT2D eigenvalue weighted by Crippen LogP contribution is 2.56. The molecule has 0 N–H and O–H groups in total. The van der Waals surface area contributed by atoms with Gasteiger partial charge in [0.1, 0.15) is 17.0 Å². The smallest absolute Gasteiger partial charge is 0.235 e. The van der Waals surface area contributed by atoms with Crippen LogP contribution in [0.4, 0.5) is 0 Å². The lowest BCUT2D eigenvalue weighted by Crippen LogP contribution is -2.07. The minimum atomic E-state index is -0.571. The predicted octanol–water partition coefficient (Wildman–Crippen LogP) is 2.68. The lowest BCUT2D eigenvalue weighted by molar-refractivity contribution is 0.394. The highest BCUT2D eigenvalue weighted by atomic mass is 35.5. The monoisotopic (exact) mass is 253 g/mol. The number of nitrogens with zero attached hydrogens (tertiary/aromatic N) is 1. The van der Waals surface area contributed by atoms with Gasteiger partial charge in [0.25, 0.3) is 0 Å². The number of methoxy groups -OCH3 is 2. The lowest BCUT2D eigenvalue weighted by atomic mass is 10.0. The van der Waals surface area contributed by atoms with Gasteiger partial charge in [0.15, 0.2) is 0 Å². The molecule has 1 saturated carbocycles. The Hall–Kier alpha value is -1.51. The number of aliphatic imine (C=N–C) groups is 1. The number of hydrogen-bond acceptors (Lipinski definition) is 4. The fraction of sp³-hybridized carbons (Fsp3) is 0.417. The Labute approximate surface area is 104 Å². The third-order valence-electron chi connectivity index (χ3n) is 2.96. The zero-order valence-corrected chi connectivity index (χ0v) is 10.4. The normalized spacial score (nSPS) is 15.9. The number of carbonyl (C=O) groups excluding carboxylic acids is 1. The van der Waals surface area contributed by atoms with Gasteiger partial charge in [0.05, 0.1) is 19.2 Å². The number of halogens is 1. The quantitative estimate of drug-likeness (QED) is 0.612. The number of ether oxygens (including phenoxy) is 2. The predicted molar refractivity (Wildman–Crippen MR) is 63.6 cm³/mol. The maximum Gasteiger partial charge on any atom is 0.235 e. The zero-order chi connectivity index (χ0) is 12.5. The Morgan fingerprint density at radius 3 is 2.35 bits per heavy atom. The molecule has 0 saturated heterocycles. The van der Waals surface area contributed by atoms with Gasteiger partial charge >= 0.3 is 0 Å². The molecule has 0 aliphatic heterocycles. The average Bonchev–Trinajstić information content (AvgIpc) is 3.09. The standard InChI is InChI=1S/C12H12ClNO3/c1-16-8-3-4-9(17-2)11(13)10(8)12(5-6-12)14-7-15/h3-4H,5-6H2,1-2H3. The van der Waals surface area contributed by atoms with E-state index in [9.17, 15) is 4.79 Å². The van der Waals surface area contributed by atoms with Gasteiger partial charge in [-0.05, 0) is 25.0 Å². The van der Waals surface area contributed by atoms with Crippen molar-refractivity contribution in [1.82, 2.24) is 0 Å². The maximum absolute atomic E-state index is 10.5. The average molecular weight is 254 g/mol. The van der Waals surface area contributed by atoms with Crippen LogP contribution >= 0.6 is 11.6 Å². The van der Waals surface area contributed by atoms with Gasteiger partial charge in [-0.2, -0.15) is 4.99 Å². The van der Waals surface area contributed by atoms with Crippen LogP contribution in [0.25, 0.3) is 0 Å². The molecule has 17 heavy (non-hydrogen) atoms. The Balaban J connectivity index is 2.61. The molecule has 0 radical (unpaired) electrons. The summed E-state index contributed by atoms with van der Waals surface area (Å²) in [4.78, 5) is 14.3. The number of hydrogen-bond donors (Lipinski definition) is 0. The van der Waals surface area contributed by atoms with Crippen molar-refractivity contribution in [3.05, 3.63) is 22.7 Å². The molecule has 2 rings (SSSR count). The fourth-order valence-electron chi connectivity index (χ4n) is 1.92. The van der Waals surface area contributed by atoms with Crippen LogP contribution in [-0.2, 0) is 10.3 Å². The van der Waals surface area contributed by atoms with Gasteiger partial charge in [-0.1, -0.05) is 11.6 Å². The Bertz CT molecular complexity index is 491. The van der Waals surface area contributed by atoms with Gasteiger partial charge in [-0.15, -0.1) is 0 Å². The van der Waals surface area contributed by atoms with Crippen LogP contribution in [0.2, 0.25) is 5.02 Å². The summed E-state index contributed by atoms with van der Waals surface area (Å²) in [6, 6.07) is 3.49. The second-order valence-electron chi connectivity index (χ2n) is 3.89. The second kappa shape index (κ2) is 4.40. The first kappa shape index (κ1) is 12.0. The molecule has 0 heterocycles. The summed E-state index contributed by atoms with van der Waals surface area (Å²) in [5.74, 6) is 1.17. The molecule has 0 unspecified atom stereocenters. The molecule has 1 aliphatic rings. The summed E-state index contributed by atoms with van der Waals surface area (Å²) in [7, 11) is 3.10. The van der Waals surface area contributed by atoms with Crippen molar-refractivity contribution in [3.8, 4) is 11.5 Å². The number of isocyanates is 1. The van der Waals surface area contributed by atoms with E-state index in [1.807, 2.05) is 0 Å². The van der Waals surface area contributed by atoms with Gasteiger partial charge < -0.3 is 9.47 Å². The molecule has 0 atom stereocenters. The van der Waals surface area contributed by atoms with Gasteiger partial charge in [-0.25, -0.2) is 4.79 Å². The van der Waals surface area contributed by atoms with E-state index in [1.165, 1.54) is 0 Å². The summed E-state index contributed by atoms with van der Waals surface area (Å²) >= 11 is 6.26. The Morgan fingerprint density at radius 2 is 1.88 bits per heavy atom. The first-order valence-corrected chi connectivity index (χ1v) is 5.56. The molecule has 1 aromatic rings. The van der Waals surface area contributed by atoms with E-state index < -0.39 is 5.54 Å². The van der Waals surface area contributed by atoms with Crippen molar-refractivity contribution in [2.75, 3.05) is 14.2 Å². The third kappa shape index (κ3) is 1.90. The van der Waals surface area contributed by atoms with E-state index in [0.717, 1.165) is 12.8 Å². The van der Waals surface area contributed by atoms with Crippen LogP contribution < -0.4 is 9.47 Å². The van der Waals surface area contributed by atoms with E-state index in [2.05, 4.69) is 4.99 Å². The van der Waals surface area contributed by atoms with E-state index in [-0.39, 0.29) is 0 Å². The number of rotatable bonds is 4. The van der Waals surface area contributed by atoms with Crippen molar-refractivity contribution in [3.63, 3.8) is 0 Å². The molecule has 0 aromatic heterocycles. The highest BCUT2D eigenvalue weighted by Gasteiger charge is 2.48. The van der Waals surface area contributed by atoms with Crippen molar-refractivity contribution in [2.24, 2.45) is 4.99 Å². The first-order chi connectivity index (χ1) is 8.18. The molecule has 0 bridgehead atoms. The van der Waals surface area contributed by atoms with Gasteiger partial charge in [0.2, 0.25) is 6.08 Å². The third-order valence-corrected chi connectivity index (χ3v) is 3.33. The van der Waals surface area contributed by atoms with Crippen LogP contribution in [-0.4, -0.2) is 20.3 Å². The van der Waals surface area contributed by atoms with E-state index >= 15 is 0 Å². The Kier molecular flexibility index (Phi) is 3.09. The zero-order valence-electron chi connectivity index (χ0n) is 9.62. The van der Waals surface area contributed by atoms with E-state index in [1.54, 1.807) is 32.4 Å². The van der Waals surface area contributed by atoms with Crippen molar-refractivity contribution in [1.29, 1.82) is 0 Å². The fourth-order valence-corrected chi connectivity index (χ4v) is 2.33. The molecule has 1 aromatic carbocycles. The van der Waals surface area contributed by atoms with E-state index in [4.69, 9.17) is 21.1 Å². The maximum atomic E-state index is 10.5. The van der Waals surface area contributed by atoms with Crippen molar-refractivity contribution >= 4 is 17.7 Å². The number of benzene rings is 1. The summed E-state index contributed by atoms with van der Waals surface area (Å²) in [5.41, 5.74) is 0.142. The SMILES string of the molecule is COc1ccc(OC)c(C2(N=C=O)CC2)c1Cl. The molecule has 90 valence electrons. The summed E-state index contributed by atoms with van der Waals surface area (Å²) in [5, 5.41) is 0.448. The largest absolute Gasteiger partial charge is 0.496 e. The van der Waals surface area contributed by atoms with Crippen LogP contribution in [0.15, 0.2) is 17.1 Å². The molecule has 0 amide bonds. The van der Waals surface area contributed by atoms with Crippen molar-refractivity contribution < 1.29 is 14.3 Å². The molecule has 4 nitrogen and oxygen atoms in total. The topological polar surface area (TPSA) is 47.9 Å². The minimum absolute atomic E-state index is 0.448. The summed E-state index contributed by atoms with van der Waals surface area (Å²) < 4.78 is 10.4. The molecule has 1 aliphatic carbocycles. The molecule has 0 spiro atoms. The van der Waals surface area contributed by atoms with E-state index in [0.29, 0.717) is 22.1 Å². The molecular formula is C12H12ClNO3. The van der Waals surface area contributed by atoms with Crippen LogP contribution in [0.5, 0.6) is 11.5 Å².